The van der Waals surface area contributed by atoms with Crippen LogP contribution < -0.4 is 5.32 Å². The zero-order chi connectivity index (χ0) is 15.4. The van der Waals surface area contributed by atoms with Crippen LogP contribution in [0.3, 0.4) is 0 Å². The maximum Gasteiger partial charge on any atom is 0.334 e. The molecule has 0 fully saturated rings. The molecule has 1 aromatic heterocycles. The number of hydrogen-bond donors (Lipinski definition) is 1. The number of rotatable bonds is 5. The van der Waals surface area contributed by atoms with E-state index in [1.165, 1.54) is 11.3 Å². The number of esters is 1. The molecule has 0 aliphatic carbocycles. The van der Waals surface area contributed by atoms with Gasteiger partial charge in [-0.15, -0.1) is 11.3 Å². The maximum atomic E-state index is 12.2. The van der Waals surface area contributed by atoms with Gasteiger partial charge in [-0.1, -0.05) is 15.9 Å². The minimum Gasteiger partial charge on any atom is -0.464 e. The van der Waals surface area contributed by atoms with E-state index < -0.39 is 6.04 Å². The summed E-state index contributed by atoms with van der Waals surface area (Å²) < 4.78 is 8.03. The first-order valence-electron chi connectivity index (χ1n) is 6.14. The van der Waals surface area contributed by atoms with Crippen molar-refractivity contribution in [1.82, 2.24) is 0 Å². The minimum atomic E-state index is -0.529. The number of carbonyl (C=O) groups excluding carboxylic acids is 1. The van der Waals surface area contributed by atoms with E-state index in [9.17, 15) is 4.79 Å². The van der Waals surface area contributed by atoms with Crippen LogP contribution in [0.4, 0.5) is 5.69 Å². The Labute approximate surface area is 152 Å². The number of benzene rings is 1. The molecule has 112 valence electrons. The smallest absolute Gasteiger partial charge is 0.334 e. The second-order valence-electron chi connectivity index (χ2n) is 4.11. The van der Waals surface area contributed by atoms with E-state index in [0.717, 1.165) is 23.3 Å². The summed E-state index contributed by atoms with van der Waals surface area (Å²) in [6.07, 6.45) is 0. The van der Waals surface area contributed by atoms with Gasteiger partial charge in [0.15, 0.2) is 6.04 Å². The largest absolute Gasteiger partial charge is 0.464 e. The SMILES string of the molecule is CCOC(=O)C(Nc1ccc(Br)cc1)c1cc(Br)c(Br)s1. The molecule has 0 aliphatic heterocycles. The fourth-order valence-corrected chi connectivity index (χ4v) is 4.08. The Morgan fingerprint density at radius 3 is 2.48 bits per heavy atom. The third-order valence-electron chi connectivity index (χ3n) is 2.63. The Kier molecular flexibility index (Phi) is 6.28. The number of halogens is 3. The first-order valence-corrected chi connectivity index (χ1v) is 9.34. The summed E-state index contributed by atoms with van der Waals surface area (Å²) in [4.78, 5) is 13.1. The van der Waals surface area contributed by atoms with Gasteiger partial charge in [-0.05, 0) is 69.1 Å². The zero-order valence-corrected chi connectivity index (χ0v) is 16.6. The van der Waals surface area contributed by atoms with E-state index in [2.05, 4.69) is 53.1 Å². The van der Waals surface area contributed by atoms with E-state index >= 15 is 0 Å². The Hall–Kier alpha value is -0.370. The fraction of sp³-hybridized carbons (Fsp3) is 0.214. The quantitative estimate of drug-likeness (QED) is 0.534. The lowest BCUT2D eigenvalue weighted by Crippen LogP contribution is -2.22. The van der Waals surface area contributed by atoms with Gasteiger partial charge in [0.25, 0.3) is 0 Å². The van der Waals surface area contributed by atoms with Crippen molar-refractivity contribution in [1.29, 1.82) is 0 Å². The van der Waals surface area contributed by atoms with Crippen LogP contribution in [-0.2, 0) is 9.53 Å². The highest BCUT2D eigenvalue weighted by Gasteiger charge is 2.24. The van der Waals surface area contributed by atoms with Crippen LogP contribution in [0.15, 0.2) is 43.1 Å². The molecule has 0 saturated carbocycles. The number of carbonyl (C=O) groups is 1. The van der Waals surface area contributed by atoms with Crippen molar-refractivity contribution in [2.75, 3.05) is 11.9 Å². The topological polar surface area (TPSA) is 38.3 Å². The molecule has 0 amide bonds. The van der Waals surface area contributed by atoms with Gasteiger partial charge in [0.05, 0.1) is 10.4 Å². The van der Waals surface area contributed by atoms with Crippen molar-refractivity contribution >= 4 is 70.8 Å². The molecular weight excluding hydrogens is 486 g/mol. The molecule has 1 N–H and O–H groups in total. The van der Waals surface area contributed by atoms with E-state index in [4.69, 9.17) is 4.74 Å². The molecule has 2 aromatic rings. The van der Waals surface area contributed by atoms with Gasteiger partial charge in [-0.25, -0.2) is 4.79 Å². The first-order chi connectivity index (χ1) is 10.0. The molecule has 3 nitrogen and oxygen atoms in total. The zero-order valence-electron chi connectivity index (χ0n) is 11.0. The highest BCUT2D eigenvalue weighted by molar-refractivity contribution is 9.13. The Bertz CT molecular complexity index is 608. The lowest BCUT2D eigenvalue weighted by atomic mass is 10.2. The molecule has 1 unspecified atom stereocenters. The van der Waals surface area contributed by atoms with Gasteiger partial charge < -0.3 is 10.1 Å². The van der Waals surface area contributed by atoms with E-state index in [-0.39, 0.29) is 5.97 Å². The summed E-state index contributed by atoms with van der Waals surface area (Å²) in [6.45, 7) is 2.15. The lowest BCUT2D eigenvalue weighted by molar-refractivity contribution is -0.144. The molecular formula is C14H12Br3NO2S. The van der Waals surface area contributed by atoms with Crippen LogP contribution in [0.2, 0.25) is 0 Å². The molecule has 2 rings (SSSR count). The summed E-state index contributed by atoms with van der Waals surface area (Å²) >= 11 is 11.8. The van der Waals surface area contributed by atoms with E-state index in [1.807, 2.05) is 30.3 Å². The highest BCUT2D eigenvalue weighted by Crippen LogP contribution is 2.37. The average Bonchev–Trinajstić information content (AvgIpc) is 2.78. The number of thiophene rings is 1. The van der Waals surface area contributed by atoms with Crippen LogP contribution in [0.5, 0.6) is 0 Å². The standard InChI is InChI=1S/C14H12Br3NO2S/c1-2-20-14(19)12(11-7-10(16)13(17)21-11)18-9-5-3-8(15)4-6-9/h3-7,12,18H,2H2,1H3. The summed E-state index contributed by atoms with van der Waals surface area (Å²) in [5.74, 6) is -0.290. The van der Waals surface area contributed by atoms with Gasteiger partial charge in [0.1, 0.15) is 0 Å². The highest BCUT2D eigenvalue weighted by atomic mass is 79.9. The molecule has 1 aromatic carbocycles. The average molecular weight is 498 g/mol. The molecule has 1 heterocycles. The predicted octanol–water partition coefficient (Wildman–Crippen LogP) is 5.75. The molecule has 21 heavy (non-hydrogen) atoms. The van der Waals surface area contributed by atoms with Crippen LogP contribution in [0.1, 0.15) is 17.8 Å². The molecule has 7 heteroatoms. The number of anilines is 1. The molecule has 0 saturated heterocycles. The Morgan fingerprint density at radius 1 is 1.29 bits per heavy atom. The molecule has 0 bridgehead atoms. The van der Waals surface area contributed by atoms with Crippen molar-refractivity contribution in [2.45, 2.75) is 13.0 Å². The van der Waals surface area contributed by atoms with Crippen LogP contribution >= 0.6 is 59.1 Å². The van der Waals surface area contributed by atoms with Gasteiger partial charge >= 0.3 is 5.97 Å². The van der Waals surface area contributed by atoms with Crippen molar-refractivity contribution in [3.05, 3.63) is 47.9 Å². The monoisotopic (exact) mass is 495 g/mol. The number of ether oxygens (including phenoxy) is 1. The van der Waals surface area contributed by atoms with Gasteiger partial charge in [0.2, 0.25) is 0 Å². The summed E-state index contributed by atoms with van der Waals surface area (Å²) in [5.41, 5.74) is 0.858. The molecule has 0 spiro atoms. The van der Waals surface area contributed by atoms with Crippen LogP contribution in [-0.4, -0.2) is 12.6 Å². The van der Waals surface area contributed by atoms with Crippen molar-refractivity contribution in [3.8, 4) is 0 Å². The van der Waals surface area contributed by atoms with Gasteiger partial charge in [-0.2, -0.15) is 0 Å². The second-order valence-corrected chi connectivity index (χ2v) is 8.28. The Morgan fingerprint density at radius 2 is 1.95 bits per heavy atom. The molecule has 0 radical (unpaired) electrons. The van der Waals surface area contributed by atoms with Crippen LogP contribution in [0.25, 0.3) is 0 Å². The summed E-state index contributed by atoms with van der Waals surface area (Å²) in [7, 11) is 0. The van der Waals surface area contributed by atoms with Crippen molar-refractivity contribution in [2.24, 2.45) is 0 Å². The normalized spacial score (nSPS) is 12.0. The fourth-order valence-electron chi connectivity index (χ4n) is 1.69. The predicted molar refractivity (Wildman–Crippen MR) is 96.9 cm³/mol. The van der Waals surface area contributed by atoms with Crippen molar-refractivity contribution in [3.63, 3.8) is 0 Å². The van der Waals surface area contributed by atoms with E-state index in [1.54, 1.807) is 6.92 Å². The van der Waals surface area contributed by atoms with Gasteiger partial charge in [0, 0.05) is 19.5 Å². The maximum absolute atomic E-state index is 12.2. The first kappa shape index (κ1) is 17.0. The number of hydrogen-bond acceptors (Lipinski definition) is 4. The third-order valence-corrected chi connectivity index (χ3v) is 6.48. The van der Waals surface area contributed by atoms with Crippen LogP contribution in [0, 0.1) is 0 Å². The summed E-state index contributed by atoms with van der Waals surface area (Å²) in [5, 5.41) is 3.22. The number of nitrogens with one attached hydrogen (secondary N) is 1. The van der Waals surface area contributed by atoms with Gasteiger partial charge in [-0.3, -0.25) is 0 Å². The second kappa shape index (κ2) is 7.76. The Balaban J connectivity index is 2.27. The molecule has 0 aliphatic rings. The van der Waals surface area contributed by atoms with E-state index in [0.29, 0.717) is 6.61 Å². The summed E-state index contributed by atoms with van der Waals surface area (Å²) in [6, 6.07) is 9.05. The minimum absolute atomic E-state index is 0.290. The third kappa shape index (κ3) is 4.55. The molecule has 1 atom stereocenters. The van der Waals surface area contributed by atoms with Crippen molar-refractivity contribution < 1.29 is 9.53 Å². The lowest BCUT2D eigenvalue weighted by Gasteiger charge is -2.17.